The molecule has 1 saturated heterocycles. The molecule has 20 heavy (non-hydrogen) atoms. The van der Waals surface area contributed by atoms with E-state index in [1.54, 1.807) is 19.1 Å². The average molecular weight is 296 g/mol. The zero-order valence-electron chi connectivity index (χ0n) is 10.9. The van der Waals surface area contributed by atoms with Crippen molar-refractivity contribution in [2.24, 2.45) is 5.92 Å². The van der Waals surface area contributed by atoms with Crippen molar-refractivity contribution in [1.29, 1.82) is 0 Å². The molecule has 3 N–H and O–H groups in total. The van der Waals surface area contributed by atoms with E-state index in [4.69, 9.17) is 17.3 Å². The van der Waals surface area contributed by atoms with E-state index in [-0.39, 0.29) is 30.7 Å². The predicted molar refractivity (Wildman–Crippen MR) is 75.0 cm³/mol. The fourth-order valence-electron chi connectivity index (χ4n) is 1.98. The maximum Gasteiger partial charge on any atom is 0.244 e. The van der Waals surface area contributed by atoms with Crippen LogP contribution in [0.5, 0.6) is 0 Å². The number of carbonyl (C=O) groups is 3. The molecule has 7 heteroatoms. The largest absolute Gasteiger partial charge is 0.399 e. The van der Waals surface area contributed by atoms with Gasteiger partial charge in [0.2, 0.25) is 17.7 Å². The fraction of sp³-hybridized carbons (Fsp3) is 0.308. The highest BCUT2D eigenvalue weighted by atomic mass is 35.5. The smallest absolute Gasteiger partial charge is 0.244 e. The van der Waals surface area contributed by atoms with Crippen LogP contribution in [0.2, 0.25) is 5.02 Å². The van der Waals surface area contributed by atoms with Crippen LogP contribution in [0.3, 0.4) is 0 Å². The summed E-state index contributed by atoms with van der Waals surface area (Å²) in [4.78, 5) is 36.1. The molecule has 1 aliphatic rings. The Morgan fingerprint density at radius 3 is 2.75 bits per heavy atom. The molecule has 1 heterocycles. The molecule has 0 spiro atoms. The Morgan fingerprint density at radius 2 is 2.20 bits per heavy atom. The monoisotopic (exact) mass is 295 g/mol. The van der Waals surface area contributed by atoms with Crippen LogP contribution in [0, 0.1) is 5.92 Å². The molecule has 0 saturated carbocycles. The number of nitrogens with one attached hydrogen (secondary N) is 1. The summed E-state index contributed by atoms with van der Waals surface area (Å²) in [5.41, 5.74) is 6.41. The van der Waals surface area contributed by atoms with Gasteiger partial charge in [-0.2, -0.15) is 0 Å². The van der Waals surface area contributed by atoms with E-state index in [1.807, 2.05) is 0 Å². The number of nitrogens with zero attached hydrogens (tertiary/aromatic N) is 1. The van der Waals surface area contributed by atoms with Gasteiger partial charge in [0.05, 0.1) is 10.7 Å². The van der Waals surface area contributed by atoms with Crippen molar-refractivity contribution in [1.82, 2.24) is 4.90 Å². The van der Waals surface area contributed by atoms with Crippen LogP contribution >= 0.6 is 11.6 Å². The van der Waals surface area contributed by atoms with Gasteiger partial charge in [-0.3, -0.25) is 19.3 Å². The number of nitrogen functional groups attached to an aromatic ring is 1. The molecule has 6 nitrogen and oxygen atoms in total. The van der Waals surface area contributed by atoms with E-state index < -0.39 is 5.91 Å². The third-order valence-corrected chi connectivity index (χ3v) is 3.35. The lowest BCUT2D eigenvalue weighted by Crippen LogP contribution is -2.37. The number of nitrogens with two attached hydrogens (primary N) is 1. The molecule has 0 radical (unpaired) electrons. The minimum Gasteiger partial charge on any atom is -0.399 e. The van der Waals surface area contributed by atoms with Gasteiger partial charge in [-0.15, -0.1) is 0 Å². The van der Waals surface area contributed by atoms with Crippen LogP contribution in [0.4, 0.5) is 11.4 Å². The van der Waals surface area contributed by atoms with Crippen molar-refractivity contribution in [3.8, 4) is 0 Å². The molecule has 0 aromatic heterocycles. The standard InChI is InChI=1S/C13H14ClN3O3/c1-7-4-12(19)17(13(7)20)6-11(18)16-10-3-2-8(15)5-9(10)14/h2-3,5,7H,4,6,15H2,1H3,(H,16,18). The Kier molecular flexibility index (Phi) is 3.94. The van der Waals surface area contributed by atoms with E-state index in [0.29, 0.717) is 16.4 Å². The zero-order chi connectivity index (χ0) is 14.9. The SMILES string of the molecule is CC1CC(=O)N(CC(=O)Nc2ccc(N)cc2Cl)C1=O. The number of hydrogen-bond donors (Lipinski definition) is 2. The lowest BCUT2D eigenvalue weighted by molar-refractivity contribution is -0.142. The molecule has 0 aliphatic carbocycles. The zero-order valence-corrected chi connectivity index (χ0v) is 11.6. The second kappa shape index (κ2) is 5.50. The molecule has 1 aromatic carbocycles. The van der Waals surface area contributed by atoms with Gasteiger partial charge in [-0.25, -0.2) is 0 Å². The van der Waals surface area contributed by atoms with E-state index in [0.717, 1.165) is 4.90 Å². The Labute approximate surface area is 120 Å². The molecule has 1 aliphatic heterocycles. The summed E-state index contributed by atoms with van der Waals surface area (Å²) in [5, 5.41) is 2.84. The quantitative estimate of drug-likeness (QED) is 0.648. The van der Waals surface area contributed by atoms with Crippen LogP contribution in [0.1, 0.15) is 13.3 Å². The second-order valence-electron chi connectivity index (χ2n) is 4.71. The number of halogens is 1. The Morgan fingerprint density at radius 1 is 1.50 bits per heavy atom. The van der Waals surface area contributed by atoms with Crippen LogP contribution < -0.4 is 11.1 Å². The molecule has 106 valence electrons. The maximum absolute atomic E-state index is 11.9. The fourth-order valence-corrected chi connectivity index (χ4v) is 2.22. The minimum atomic E-state index is -0.479. The Bertz CT molecular complexity index is 588. The van der Waals surface area contributed by atoms with E-state index in [1.165, 1.54) is 6.07 Å². The summed E-state index contributed by atoms with van der Waals surface area (Å²) in [5.74, 6) is -1.50. The van der Waals surface area contributed by atoms with Gasteiger partial charge in [0.15, 0.2) is 0 Å². The maximum atomic E-state index is 11.9. The number of anilines is 2. The molecule has 1 fully saturated rings. The van der Waals surface area contributed by atoms with Crippen LogP contribution in [0.15, 0.2) is 18.2 Å². The normalized spacial score (nSPS) is 18.5. The average Bonchev–Trinajstić information content (AvgIpc) is 2.60. The van der Waals surface area contributed by atoms with Gasteiger partial charge in [0, 0.05) is 18.0 Å². The number of carbonyl (C=O) groups excluding carboxylic acids is 3. The summed E-state index contributed by atoms with van der Waals surface area (Å²) < 4.78 is 0. The lowest BCUT2D eigenvalue weighted by atomic mass is 10.1. The highest BCUT2D eigenvalue weighted by Crippen LogP contribution is 2.24. The highest BCUT2D eigenvalue weighted by molar-refractivity contribution is 6.34. The van der Waals surface area contributed by atoms with E-state index in [2.05, 4.69) is 5.32 Å². The van der Waals surface area contributed by atoms with Gasteiger partial charge in [-0.05, 0) is 18.2 Å². The molecular weight excluding hydrogens is 282 g/mol. The highest BCUT2D eigenvalue weighted by Gasteiger charge is 2.36. The molecular formula is C13H14ClN3O3. The Balaban J connectivity index is 2.03. The molecule has 2 rings (SSSR count). The van der Waals surface area contributed by atoms with E-state index >= 15 is 0 Å². The molecule has 3 amide bonds. The third-order valence-electron chi connectivity index (χ3n) is 3.04. The third kappa shape index (κ3) is 2.91. The molecule has 0 bridgehead atoms. The summed E-state index contributed by atoms with van der Waals surface area (Å²) >= 11 is 5.93. The van der Waals surface area contributed by atoms with Crippen molar-refractivity contribution in [2.75, 3.05) is 17.6 Å². The van der Waals surface area contributed by atoms with Gasteiger partial charge in [-0.1, -0.05) is 18.5 Å². The Hall–Kier alpha value is -2.08. The van der Waals surface area contributed by atoms with Gasteiger partial charge in [0.1, 0.15) is 6.54 Å². The van der Waals surface area contributed by atoms with Crippen LogP contribution in [0.25, 0.3) is 0 Å². The first-order valence-corrected chi connectivity index (χ1v) is 6.45. The summed E-state index contributed by atoms with van der Waals surface area (Å²) in [7, 11) is 0. The van der Waals surface area contributed by atoms with Gasteiger partial charge in [0.25, 0.3) is 0 Å². The second-order valence-corrected chi connectivity index (χ2v) is 5.12. The van der Waals surface area contributed by atoms with Crippen LogP contribution in [-0.4, -0.2) is 29.2 Å². The van der Waals surface area contributed by atoms with Gasteiger partial charge < -0.3 is 11.1 Å². The van der Waals surface area contributed by atoms with Crippen molar-refractivity contribution >= 4 is 40.7 Å². The number of amides is 3. The van der Waals surface area contributed by atoms with Gasteiger partial charge >= 0.3 is 0 Å². The number of imide groups is 1. The first kappa shape index (κ1) is 14.3. The topological polar surface area (TPSA) is 92.5 Å². The first-order chi connectivity index (χ1) is 9.38. The first-order valence-electron chi connectivity index (χ1n) is 6.07. The van der Waals surface area contributed by atoms with Crippen molar-refractivity contribution in [3.63, 3.8) is 0 Å². The number of hydrogen-bond acceptors (Lipinski definition) is 4. The summed E-state index contributed by atoms with van der Waals surface area (Å²) in [6, 6.07) is 4.66. The summed E-state index contributed by atoms with van der Waals surface area (Å²) in [6.07, 6.45) is 0.148. The van der Waals surface area contributed by atoms with Crippen molar-refractivity contribution < 1.29 is 14.4 Å². The lowest BCUT2D eigenvalue weighted by Gasteiger charge is -2.14. The van der Waals surface area contributed by atoms with Crippen molar-refractivity contribution in [3.05, 3.63) is 23.2 Å². The predicted octanol–water partition coefficient (Wildman–Crippen LogP) is 1.26. The number of benzene rings is 1. The summed E-state index contributed by atoms with van der Waals surface area (Å²) in [6.45, 7) is 1.36. The van der Waals surface area contributed by atoms with Crippen molar-refractivity contribution in [2.45, 2.75) is 13.3 Å². The number of likely N-dealkylation sites (tertiary alicyclic amines) is 1. The molecule has 1 atom stereocenters. The molecule has 1 aromatic rings. The van der Waals surface area contributed by atoms with E-state index in [9.17, 15) is 14.4 Å². The molecule has 1 unspecified atom stereocenters. The number of rotatable bonds is 3. The minimum absolute atomic E-state index is 0.148. The van der Waals surface area contributed by atoms with Crippen LogP contribution in [-0.2, 0) is 14.4 Å².